The van der Waals surface area contributed by atoms with Crippen LogP contribution in [0.4, 0.5) is 0 Å². The van der Waals surface area contributed by atoms with Crippen LogP contribution in [0.2, 0.25) is 0 Å². The second-order valence-electron chi connectivity index (χ2n) is 8.73. The zero-order chi connectivity index (χ0) is 16.2. The van der Waals surface area contributed by atoms with Crippen molar-refractivity contribution in [2.24, 2.45) is 16.7 Å². The van der Waals surface area contributed by atoms with E-state index in [-0.39, 0.29) is 29.1 Å². The van der Waals surface area contributed by atoms with Gasteiger partial charge in [-0.3, -0.25) is 4.79 Å². The summed E-state index contributed by atoms with van der Waals surface area (Å²) in [6, 6.07) is 0. The Labute approximate surface area is 133 Å². The number of ketones is 1. The Kier molecular flexibility index (Phi) is 3.81. The molecule has 3 nitrogen and oxygen atoms in total. The van der Waals surface area contributed by atoms with Gasteiger partial charge in [-0.15, -0.1) is 0 Å². The number of aliphatic hydroxyl groups excluding tert-OH is 1. The second-order valence-corrected chi connectivity index (χ2v) is 8.73. The van der Waals surface area contributed by atoms with E-state index in [1.54, 1.807) is 0 Å². The van der Waals surface area contributed by atoms with Gasteiger partial charge in [-0.2, -0.15) is 0 Å². The molecule has 1 saturated carbocycles. The van der Waals surface area contributed by atoms with Gasteiger partial charge in [0.05, 0.1) is 5.60 Å². The molecule has 22 heavy (non-hydrogen) atoms. The minimum absolute atomic E-state index is 0.00839. The number of carbonyl (C=O) groups is 1. The number of fused-ring (bicyclic) bond motifs is 2. The number of carbonyl (C=O) groups excluding carboxylic acids is 1. The molecule has 3 rings (SSSR count). The summed E-state index contributed by atoms with van der Waals surface area (Å²) in [6.45, 7) is 6.60. The molecule has 124 valence electrons. The van der Waals surface area contributed by atoms with Crippen LogP contribution < -0.4 is 0 Å². The Morgan fingerprint density at radius 2 is 1.91 bits per heavy atom. The molecule has 3 aliphatic carbocycles. The molecule has 2 N–H and O–H groups in total. The van der Waals surface area contributed by atoms with E-state index in [0.717, 1.165) is 50.5 Å². The molecule has 0 bridgehead atoms. The van der Waals surface area contributed by atoms with Crippen LogP contribution in [0.5, 0.6) is 0 Å². The van der Waals surface area contributed by atoms with Gasteiger partial charge in [0.25, 0.3) is 0 Å². The maximum atomic E-state index is 12.8. The van der Waals surface area contributed by atoms with Crippen LogP contribution in [-0.2, 0) is 4.79 Å². The van der Waals surface area contributed by atoms with Crippen LogP contribution in [0.3, 0.4) is 0 Å². The van der Waals surface area contributed by atoms with Gasteiger partial charge in [0.1, 0.15) is 0 Å². The van der Waals surface area contributed by atoms with Crippen LogP contribution in [0.25, 0.3) is 0 Å². The summed E-state index contributed by atoms with van der Waals surface area (Å²) in [6.07, 6.45) is 7.03. The number of hydrogen-bond donors (Lipinski definition) is 2. The Morgan fingerprint density at radius 1 is 1.18 bits per heavy atom. The van der Waals surface area contributed by atoms with Crippen LogP contribution in [0.15, 0.2) is 11.1 Å². The zero-order valence-electron chi connectivity index (χ0n) is 14.2. The predicted octanol–water partition coefficient (Wildman–Crippen LogP) is 3.39. The fraction of sp³-hybridized carbons (Fsp3) is 0.842. The van der Waals surface area contributed by atoms with E-state index < -0.39 is 5.60 Å². The first-order valence-electron chi connectivity index (χ1n) is 8.81. The summed E-state index contributed by atoms with van der Waals surface area (Å²) in [7, 11) is 0. The largest absolute Gasteiger partial charge is 0.396 e. The van der Waals surface area contributed by atoms with Crippen molar-refractivity contribution in [2.45, 2.75) is 77.7 Å². The molecule has 1 fully saturated rings. The highest BCUT2D eigenvalue weighted by Crippen LogP contribution is 2.60. The van der Waals surface area contributed by atoms with Gasteiger partial charge >= 0.3 is 0 Å². The van der Waals surface area contributed by atoms with Crippen molar-refractivity contribution in [3.8, 4) is 0 Å². The fourth-order valence-corrected chi connectivity index (χ4v) is 5.54. The van der Waals surface area contributed by atoms with Crippen LogP contribution in [0, 0.1) is 16.7 Å². The number of rotatable bonds is 2. The van der Waals surface area contributed by atoms with Crippen molar-refractivity contribution in [3.63, 3.8) is 0 Å². The quantitative estimate of drug-likeness (QED) is 0.822. The van der Waals surface area contributed by atoms with E-state index in [1.807, 2.05) is 6.92 Å². The van der Waals surface area contributed by atoms with Gasteiger partial charge in [-0.25, -0.2) is 0 Å². The highest BCUT2D eigenvalue weighted by Gasteiger charge is 2.55. The summed E-state index contributed by atoms with van der Waals surface area (Å²) < 4.78 is 0. The molecular weight excluding hydrogens is 276 g/mol. The van der Waals surface area contributed by atoms with Crippen molar-refractivity contribution in [1.82, 2.24) is 0 Å². The molecule has 0 saturated heterocycles. The molecule has 0 amide bonds. The molecule has 0 spiro atoms. The van der Waals surface area contributed by atoms with E-state index in [9.17, 15) is 15.0 Å². The van der Waals surface area contributed by atoms with E-state index >= 15 is 0 Å². The van der Waals surface area contributed by atoms with E-state index in [0.29, 0.717) is 6.42 Å². The SMILES string of the molecule is C[C@]1(CCO)CCC2=C(C1)C(=O)C[C@H]1[C@](C)(O)CCC[C@]21C. The summed E-state index contributed by atoms with van der Waals surface area (Å²) in [5.41, 5.74) is 1.71. The van der Waals surface area contributed by atoms with Gasteiger partial charge in [0.2, 0.25) is 0 Å². The summed E-state index contributed by atoms with van der Waals surface area (Å²) in [5, 5.41) is 20.1. The van der Waals surface area contributed by atoms with Gasteiger partial charge in [-0.1, -0.05) is 19.4 Å². The number of hydrogen-bond acceptors (Lipinski definition) is 3. The molecule has 0 unspecified atom stereocenters. The summed E-state index contributed by atoms with van der Waals surface area (Å²) in [4.78, 5) is 12.8. The maximum Gasteiger partial charge on any atom is 0.159 e. The molecule has 0 aliphatic heterocycles. The van der Waals surface area contributed by atoms with Crippen molar-refractivity contribution < 1.29 is 15.0 Å². The van der Waals surface area contributed by atoms with Crippen molar-refractivity contribution in [1.29, 1.82) is 0 Å². The Balaban J connectivity index is 2.00. The molecule has 0 aromatic rings. The molecule has 4 atom stereocenters. The average molecular weight is 306 g/mol. The molecule has 3 aliphatic rings. The first kappa shape index (κ1) is 16.2. The smallest absolute Gasteiger partial charge is 0.159 e. The van der Waals surface area contributed by atoms with E-state index in [4.69, 9.17) is 0 Å². The van der Waals surface area contributed by atoms with Gasteiger partial charge in [-0.05, 0) is 68.3 Å². The molecule has 0 heterocycles. The Hall–Kier alpha value is -0.670. The Bertz CT molecular complexity index is 519. The minimum Gasteiger partial charge on any atom is -0.396 e. The lowest BCUT2D eigenvalue weighted by molar-refractivity contribution is -0.131. The van der Waals surface area contributed by atoms with Crippen molar-refractivity contribution >= 4 is 5.78 Å². The second kappa shape index (κ2) is 5.17. The first-order valence-corrected chi connectivity index (χ1v) is 8.81. The van der Waals surface area contributed by atoms with E-state index in [2.05, 4.69) is 13.8 Å². The van der Waals surface area contributed by atoms with E-state index in [1.165, 1.54) is 5.57 Å². The third-order valence-electron chi connectivity index (χ3n) is 6.98. The minimum atomic E-state index is -0.715. The fourth-order valence-electron chi connectivity index (χ4n) is 5.54. The monoisotopic (exact) mass is 306 g/mol. The topological polar surface area (TPSA) is 57.5 Å². The van der Waals surface area contributed by atoms with Gasteiger partial charge in [0.15, 0.2) is 5.78 Å². The van der Waals surface area contributed by atoms with Crippen LogP contribution in [0.1, 0.15) is 72.1 Å². The third-order valence-corrected chi connectivity index (χ3v) is 6.98. The van der Waals surface area contributed by atoms with Gasteiger partial charge in [0, 0.05) is 18.9 Å². The summed E-state index contributed by atoms with van der Waals surface area (Å²) >= 11 is 0. The predicted molar refractivity (Wildman–Crippen MR) is 86.4 cm³/mol. The molecular formula is C19H30O3. The van der Waals surface area contributed by atoms with Crippen molar-refractivity contribution in [2.75, 3.05) is 6.61 Å². The summed E-state index contributed by atoms with van der Waals surface area (Å²) in [5.74, 6) is 0.325. The lowest BCUT2D eigenvalue weighted by Crippen LogP contribution is -2.53. The van der Waals surface area contributed by atoms with Crippen molar-refractivity contribution in [3.05, 3.63) is 11.1 Å². The normalized spacial score (nSPS) is 45.5. The molecule has 0 aromatic heterocycles. The standard InChI is InChI=1S/C19H30O3/c1-17(9-10-20)8-5-14-13(12-17)15(21)11-16-18(14,2)6-4-7-19(16,3)22/h16,20,22H,4-12H2,1-3H3/t16-,17-,18-,19-/m1/s1. The van der Waals surface area contributed by atoms with Crippen LogP contribution >= 0.6 is 0 Å². The first-order chi connectivity index (χ1) is 10.2. The Morgan fingerprint density at radius 3 is 2.59 bits per heavy atom. The van der Waals surface area contributed by atoms with Gasteiger partial charge < -0.3 is 10.2 Å². The number of aliphatic hydroxyl groups is 2. The highest BCUT2D eigenvalue weighted by atomic mass is 16.3. The number of Topliss-reactive ketones (excluding diaryl/α,β-unsaturated/α-hetero) is 1. The molecule has 0 radical (unpaired) electrons. The highest BCUT2D eigenvalue weighted by molar-refractivity contribution is 5.98. The zero-order valence-corrected chi connectivity index (χ0v) is 14.2. The molecule has 3 heteroatoms. The third kappa shape index (κ3) is 2.37. The molecule has 0 aromatic carbocycles. The van der Waals surface area contributed by atoms with Crippen LogP contribution in [-0.4, -0.2) is 28.2 Å². The lowest BCUT2D eigenvalue weighted by Gasteiger charge is -2.55. The number of allylic oxidation sites excluding steroid dienone is 2. The average Bonchev–Trinajstić information content (AvgIpc) is 2.41. The lowest BCUT2D eigenvalue weighted by atomic mass is 9.50. The maximum absolute atomic E-state index is 12.8.